The number of nitrogens with one attached hydrogen (secondary N) is 8. The fourth-order valence-electron chi connectivity index (χ4n) is 3.22. The molecule has 0 aromatic heterocycles. The summed E-state index contributed by atoms with van der Waals surface area (Å²) >= 11 is 0. The Morgan fingerprint density at radius 2 is 0.842 bits per heavy atom. The first-order valence-electron chi connectivity index (χ1n) is 12.4. The molecule has 38 heavy (non-hydrogen) atoms. The van der Waals surface area contributed by atoms with Crippen molar-refractivity contribution in [1.29, 1.82) is 0 Å². The van der Waals surface area contributed by atoms with Gasteiger partial charge in [-0.05, 0) is 45.2 Å². The Kier molecular flexibility index (Phi) is 12.7. The van der Waals surface area contributed by atoms with E-state index in [-0.39, 0.29) is 12.1 Å². The smallest absolute Gasteiger partial charge is 0.319 e. The molecule has 0 atom stereocenters. The topological polar surface area (TPSA) is 168 Å². The van der Waals surface area contributed by atoms with Crippen molar-refractivity contribution >= 4 is 46.9 Å². The third-order valence-electron chi connectivity index (χ3n) is 5.08. The average molecular weight is 528 g/mol. The number of benzene rings is 2. The number of urea groups is 4. The van der Waals surface area contributed by atoms with Crippen molar-refractivity contribution in [2.75, 3.05) is 67.6 Å². The van der Waals surface area contributed by atoms with Crippen LogP contribution in [-0.2, 0) is 0 Å². The maximum atomic E-state index is 12.3. The van der Waals surface area contributed by atoms with Gasteiger partial charge in [0.05, 0.1) is 22.7 Å². The predicted octanol–water partition coefficient (Wildman–Crippen LogP) is 2.84. The second-order valence-electron chi connectivity index (χ2n) is 8.13. The zero-order valence-electron chi connectivity index (χ0n) is 21.9. The van der Waals surface area contributed by atoms with Crippen molar-refractivity contribution in [2.24, 2.45) is 0 Å². The lowest BCUT2D eigenvalue weighted by atomic mass is 10.2. The van der Waals surface area contributed by atoms with E-state index in [0.29, 0.717) is 62.0 Å². The lowest BCUT2D eigenvalue weighted by molar-refractivity contribution is 0.246. The minimum absolute atomic E-state index is 0.355. The van der Waals surface area contributed by atoms with Gasteiger partial charge in [0.25, 0.3) is 0 Å². The monoisotopic (exact) mass is 527 g/mol. The standard InChI is InChI=1S/C25H37N9O4/c1-4-26-22(35)30-18-10-6-8-12-20(18)32-24(37)28-14-16-34(3)17-15-29-25(38)33-21-13-9-7-11-19(21)31-23(36)27-5-2/h6-13H,4-5,14-17H2,1-3H3,(H2,26,30,35)(H2,27,31,36)(H2,28,32,37)(H2,29,33,38). The molecular weight excluding hydrogens is 490 g/mol. The molecule has 0 unspecified atom stereocenters. The minimum atomic E-state index is -0.402. The van der Waals surface area contributed by atoms with Crippen LogP contribution in [-0.4, -0.2) is 75.3 Å². The molecule has 0 bridgehead atoms. The van der Waals surface area contributed by atoms with Crippen LogP contribution in [0.15, 0.2) is 48.5 Å². The van der Waals surface area contributed by atoms with Gasteiger partial charge in [-0.25, -0.2) is 19.2 Å². The number of hydrogen-bond acceptors (Lipinski definition) is 5. The lowest BCUT2D eigenvalue weighted by Crippen LogP contribution is -2.39. The van der Waals surface area contributed by atoms with Crippen LogP contribution in [0.1, 0.15) is 13.8 Å². The van der Waals surface area contributed by atoms with Crippen molar-refractivity contribution in [2.45, 2.75) is 13.8 Å². The Morgan fingerprint density at radius 3 is 1.13 bits per heavy atom. The molecule has 8 N–H and O–H groups in total. The average Bonchev–Trinajstić information content (AvgIpc) is 2.87. The van der Waals surface area contributed by atoms with Crippen molar-refractivity contribution in [3.05, 3.63) is 48.5 Å². The Bertz CT molecular complexity index is 997. The summed E-state index contributed by atoms with van der Waals surface area (Å²) in [7, 11) is 1.87. The number of likely N-dealkylation sites (N-methyl/N-ethyl adjacent to an activating group) is 1. The second-order valence-corrected chi connectivity index (χ2v) is 8.13. The molecule has 13 heteroatoms. The molecule has 13 nitrogen and oxygen atoms in total. The molecule has 2 aromatic rings. The van der Waals surface area contributed by atoms with E-state index >= 15 is 0 Å². The number of anilines is 4. The van der Waals surface area contributed by atoms with E-state index in [2.05, 4.69) is 42.5 Å². The highest BCUT2D eigenvalue weighted by Gasteiger charge is 2.10. The van der Waals surface area contributed by atoms with Crippen LogP contribution in [0, 0.1) is 0 Å². The van der Waals surface area contributed by atoms with E-state index in [4.69, 9.17) is 0 Å². The fourth-order valence-corrected chi connectivity index (χ4v) is 3.22. The van der Waals surface area contributed by atoms with Crippen LogP contribution >= 0.6 is 0 Å². The Balaban J connectivity index is 1.69. The van der Waals surface area contributed by atoms with E-state index in [1.165, 1.54) is 0 Å². The lowest BCUT2D eigenvalue weighted by Gasteiger charge is -2.18. The van der Waals surface area contributed by atoms with Crippen molar-refractivity contribution in [3.63, 3.8) is 0 Å². The molecule has 206 valence electrons. The van der Waals surface area contributed by atoms with Crippen LogP contribution in [0.3, 0.4) is 0 Å². The fraction of sp³-hybridized carbons (Fsp3) is 0.360. The van der Waals surface area contributed by atoms with Crippen molar-refractivity contribution < 1.29 is 19.2 Å². The summed E-state index contributed by atoms with van der Waals surface area (Å²) in [5.74, 6) is 0. The largest absolute Gasteiger partial charge is 0.338 e. The maximum absolute atomic E-state index is 12.3. The van der Waals surface area contributed by atoms with Crippen molar-refractivity contribution in [1.82, 2.24) is 26.2 Å². The first-order valence-corrected chi connectivity index (χ1v) is 12.4. The summed E-state index contributed by atoms with van der Waals surface area (Å²) in [5, 5.41) is 21.7. The third kappa shape index (κ3) is 11.0. The highest BCUT2D eigenvalue weighted by molar-refractivity contribution is 5.99. The molecule has 0 aliphatic carbocycles. The summed E-state index contributed by atoms with van der Waals surface area (Å²) in [6.07, 6.45) is 0. The molecule has 0 aliphatic heterocycles. The highest BCUT2D eigenvalue weighted by atomic mass is 16.2. The van der Waals surface area contributed by atoms with E-state index in [9.17, 15) is 19.2 Å². The van der Waals surface area contributed by atoms with E-state index in [0.717, 1.165) is 0 Å². The van der Waals surface area contributed by atoms with Gasteiger partial charge in [0.2, 0.25) is 0 Å². The van der Waals surface area contributed by atoms with Gasteiger partial charge >= 0.3 is 24.1 Å². The summed E-state index contributed by atoms with van der Waals surface area (Å²) in [6, 6.07) is 12.3. The highest BCUT2D eigenvalue weighted by Crippen LogP contribution is 2.21. The molecule has 0 saturated carbocycles. The number of carbonyl (C=O) groups is 4. The first-order chi connectivity index (χ1) is 18.3. The van der Waals surface area contributed by atoms with Gasteiger partial charge in [-0.3, -0.25) is 0 Å². The predicted molar refractivity (Wildman–Crippen MR) is 150 cm³/mol. The Hall–Kier alpha value is -4.52. The molecule has 2 rings (SSSR count). The van der Waals surface area contributed by atoms with Gasteiger partial charge in [0.1, 0.15) is 0 Å². The van der Waals surface area contributed by atoms with Crippen LogP contribution < -0.4 is 42.5 Å². The van der Waals surface area contributed by atoms with E-state index in [1.54, 1.807) is 48.5 Å². The molecule has 0 spiro atoms. The summed E-state index contributed by atoms with van der Waals surface area (Å²) < 4.78 is 0. The molecule has 0 heterocycles. The molecule has 8 amide bonds. The second kappa shape index (κ2) is 16.3. The molecule has 2 aromatic carbocycles. The Morgan fingerprint density at radius 1 is 0.553 bits per heavy atom. The molecule has 0 fully saturated rings. The molecule has 0 aliphatic rings. The van der Waals surface area contributed by atoms with E-state index in [1.807, 2.05) is 25.8 Å². The minimum Gasteiger partial charge on any atom is -0.338 e. The Labute approximate surface area is 222 Å². The van der Waals surface area contributed by atoms with Gasteiger partial charge < -0.3 is 47.4 Å². The number of carbonyl (C=O) groups excluding carboxylic acids is 4. The zero-order valence-corrected chi connectivity index (χ0v) is 21.9. The summed E-state index contributed by atoms with van der Waals surface area (Å²) in [6.45, 7) is 6.45. The van der Waals surface area contributed by atoms with Gasteiger partial charge in [0.15, 0.2) is 0 Å². The third-order valence-corrected chi connectivity index (χ3v) is 5.08. The normalized spacial score (nSPS) is 10.2. The maximum Gasteiger partial charge on any atom is 0.319 e. The van der Waals surface area contributed by atoms with Gasteiger partial charge in [0, 0.05) is 39.3 Å². The van der Waals surface area contributed by atoms with Crippen LogP contribution in [0.4, 0.5) is 41.9 Å². The SMILES string of the molecule is CCNC(=O)Nc1ccccc1NC(=O)NCCN(C)CCNC(=O)Nc1ccccc1NC(=O)NCC. The van der Waals surface area contributed by atoms with Gasteiger partial charge in [-0.1, -0.05) is 24.3 Å². The first kappa shape index (κ1) is 29.7. The number of amides is 8. The molecule has 0 saturated heterocycles. The zero-order chi connectivity index (χ0) is 27.8. The van der Waals surface area contributed by atoms with Crippen LogP contribution in [0.5, 0.6) is 0 Å². The molecule has 0 radical (unpaired) electrons. The number of rotatable bonds is 12. The number of para-hydroxylation sites is 4. The van der Waals surface area contributed by atoms with E-state index < -0.39 is 12.1 Å². The van der Waals surface area contributed by atoms with Crippen molar-refractivity contribution in [3.8, 4) is 0 Å². The number of hydrogen-bond donors (Lipinski definition) is 8. The van der Waals surface area contributed by atoms with Crippen LogP contribution in [0.25, 0.3) is 0 Å². The van der Waals surface area contributed by atoms with Gasteiger partial charge in [-0.2, -0.15) is 0 Å². The molecular formula is C25H37N9O4. The summed E-state index contributed by atoms with van der Waals surface area (Å²) in [5.41, 5.74) is 1.92. The summed E-state index contributed by atoms with van der Waals surface area (Å²) in [4.78, 5) is 50.1. The quantitative estimate of drug-likeness (QED) is 0.212. The number of nitrogens with zero attached hydrogens (tertiary/aromatic N) is 1. The van der Waals surface area contributed by atoms with Gasteiger partial charge in [-0.15, -0.1) is 0 Å². The van der Waals surface area contributed by atoms with Crippen LogP contribution in [0.2, 0.25) is 0 Å².